The maximum atomic E-state index is 11.8. The number of carbonyl (C=O) groups excluding carboxylic acids is 1. The first-order valence-electron chi connectivity index (χ1n) is 9.09. The first kappa shape index (κ1) is 22.2. The van der Waals surface area contributed by atoms with E-state index in [0.717, 1.165) is 0 Å². The Hall–Kier alpha value is -1.13. The summed E-state index contributed by atoms with van der Waals surface area (Å²) in [6, 6.07) is 0. The Bertz CT molecular complexity index is 582. The lowest BCUT2D eigenvalue weighted by Crippen LogP contribution is -2.59. The Balaban J connectivity index is 2.06. The van der Waals surface area contributed by atoms with Gasteiger partial charge in [-0.3, -0.25) is 4.79 Å². The Morgan fingerprint density at radius 2 is 1.93 bits per heavy atom. The molecule has 27 heavy (non-hydrogen) atoms. The molecule has 154 valence electrons. The van der Waals surface area contributed by atoms with E-state index < -0.39 is 43.4 Å². The summed E-state index contributed by atoms with van der Waals surface area (Å²) in [7, 11) is 0. The average molecular weight is 386 g/mol. The minimum atomic E-state index is -1.50. The van der Waals surface area contributed by atoms with Crippen LogP contribution >= 0.6 is 0 Å². The van der Waals surface area contributed by atoms with Gasteiger partial charge >= 0.3 is 0 Å². The van der Waals surface area contributed by atoms with Crippen LogP contribution in [0, 0.1) is 11.3 Å². The molecule has 0 spiro atoms. The Morgan fingerprint density at radius 3 is 2.52 bits per heavy atom. The first-order valence-corrected chi connectivity index (χ1v) is 9.09. The topological polar surface area (TPSA) is 137 Å². The summed E-state index contributed by atoms with van der Waals surface area (Å²) < 4.78 is 10.9. The molecule has 1 aliphatic heterocycles. The van der Waals surface area contributed by atoms with Gasteiger partial charge in [0.05, 0.1) is 19.3 Å². The number of hydrogen-bond acceptors (Lipinski definition) is 8. The summed E-state index contributed by atoms with van der Waals surface area (Å²) >= 11 is 0. The van der Waals surface area contributed by atoms with Crippen LogP contribution in [-0.2, 0) is 14.3 Å². The van der Waals surface area contributed by atoms with E-state index in [9.17, 15) is 30.3 Å². The molecule has 0 amide bonds. The number of carbonyl (C=O) groups is 1. The monoisotopic (exact) mass is 386 g/mol. The van der Waals surface area contributed by atoms with Crippen molar-refractivity contribution in [3.63, 3.8) is 0 Å². The van der Waals surface area contributed by atoms with Gasteiger partial charge in [-0.25, -0.2) is 0 Å². The second-order valence-corrected chi connectivity index (χ2v) is 7.91. The summed E-state index contributed by atoms with van der Waals surface area (Å²) in [4.78, 5) is 11.8. The van der Waals surface area contributed by atoms with Crippen LogP contribution in [0.1, 0.15) is 27.2 Å². The molecule has 2 aliphatic rings. The zero-order chi connectivity index (χ0) is 20.4. The van der Waals surface area contributed by atoms with E-state index in [0.29, 0.717) is 12.0 Å². The molecule has 0 aromatic rings. The lowest BCUT2D eigenvalue weighted by molar-refractivity contribution is -0.306. The summed E-state index contributed by atoms with van der Waals surface area (Å²) in [5, 5.41) is 48.4. The van der Waals surface area contributed by atoms with Crippen molar-refractivity contribution in [3.8, 4) is 0 Å². The Morgan fingerprint density at radius 1 is 1.26 bits per heavy atom. The molecule has 7 atom stereocenters. The lowest BCUT2D eigenvalue weighted by atomic mass is 9.68. The van der Waals surface area contributed by atoms with Crippen molar-refractivity contribution in [2.45, 2.75) is 64.0 Å². The molecule has 0 bridgehead atoms. The maximum Gasteiger partial charge on any atom is 0.187 e. The van der Waals surface area contributed by atoms with Crippen molar-refractivity contribution in [1.82, 2.24) is 0 Å². The molecule has 5 N–H and O–H groups in total. The third-order valence-corrected chi connectivity index (χ3v) is 5.17. The van der Waals surface area contributed by atoms with Crippen molar-refractivity contribution in [2.24, 2.45) is 11.3 Å². The number of aliphatic hydroxyl groups is 5. The fourth-order valence-corrected chi connectivity index (χ4v) is 3.64. The second-order valence-electron chi connectivity index (χ2n) is 7.91. The molecule has 0 radical (unpaired) electrons. The number of hydrogen-bond donors (Lipinski definition) is 5. The van der Waals surface area contributed by atoms with Crippen LogP contribution < -0.4 is 0 Å². The Kier molecular flexibility index (Phi) is 7.32. The number of allylic oxidation sites excluding steroid dienone is 2. The van der Waals surface area contributed by atoms with Crippen LogP contribution in [-0.4, -0.2) is 81.3 Å². The molecule has 1 aliphatic carbocycles. The molecular weight excluding hydrogens is 356 g/mol. The highest BCUT2D eigenvalue weighted by molar-refractivity contribution is 5.92. The highest BCUT2D eigenvalue weighted by atomic mass is 16.7. The summed E-state index contributed by atoms with van der Waals surface area (Å²) in [5.74, 6) is -0.166. The summed E-state index contributed by atoms with van der Waals surface area (Å²) in [6.45, 7) is 4.87. The van der Waals surface area contributed by atoms with Gasteiger partial charge in [0, 0.05) is 12.3 Å². The highest BCUT2D eigenvalue weighted by Gasteiger charge is 2.44. The average Bonchev–Trinajstić information content (AvgIpc) is 2.59. The minimum absolute atomic E-state index is 0.0145. The van der Waals surface area contributed by atoms with Crippen molar-refractivity contribution >= 4 is 5.78 Å². The molecule has 0 aromatic heterocycles. The van der Waals surface area contributed by atoms with E-state index in [2.05, 4.69) is 0 Å². The van der Waals surface area contributed by atoms with Crippen LogP contribution in [0.15, 0.2) is 23.8 Å². The van der Waals surface area contributed by atoms with Crippen LogP contribution in [0.2, 0.25) is 0 Å². The van der Waals surface area contributed by atoms with Crippen LogP contribution in [0.25, 0.3) is 0 Å². The third-order valence-electron chi connectivity index (χ3n) is 5.17. The van der Waals surface area contributed by atoms with Crippen molar-refractivity contribution in [1.29, 1.82) is 0 Å². The number of ether oxygens (including phenoxy) is 2. The normalized spacial score (nSPS) is 38.1. The molecule has 8 heteroatoms. The van der Waals surface area contributed by atoms with Crippen LogP contribution in [0.4, 0.5) is 0 Å². The fourth-order valence-electron chi connectivity index (χ4n) is 3.64. The summed E-state index contributed by atoms with van der Waals surface area (Å²) in [5.41, 5.74) is 0.274. The molecule has 0 aromatic carbocycles. The van der Waals surface area contributed by atoms with Gasteiger partial charge < -0.3 is 35.0 Å². The fraction of sp³-hybridized carbons (Fsp3) is 0.737. The zero-order valence-corrected chi connectivity index (χ0v) is 15.9. The molecule has 1 heterocycles. The van der Waals surface area contributed by atoms with E-state index in [1.54, 1.807) is 13.0 Å². The molecule has 8 nitrogen and oxygen atoms in total. The number of rotatable bonds is 6. The van der Waals surface area contributed by atoms with E-state index in [4.69, 9.17) is 9.47 Å². The van der Waals surface area contributed by atoms with E-state index in [1.807, 2.05) is 19.9 Å². The molecule has 0 unspecified atom stereocenters. The quantitative estimate of drug-likeness (QED) is 0.377. The van der Waals surface area contributed by atoms with Gasteiger partial charge in [0.25, 0.3) is 0 Å². The first-order chi connectivity index (χ1) is 12.6. The summed E-state index contributed by atoms with van der Waals surface area (Å²) in [6.07, 6.45) is -1.74. The third kappa shape index (κ3) is 5.03. The zero-order valence-electron chi connectivity index (χ0n) is 15.9. The van der Waals surface area contributed by atoms with Crippen molar-refractivity contribution in [3.05, 3.63) is 23.8 Å². The minimum Gasteiger partial charge on any atom is -0.394 e. The molecule has 2 rings (SSSR count). The molecule has 1 fully saturated rings. The van der Waals surface area contributed by atoms with E-state index in [1.165, 1.54) is 6.08 Å². The van der Waals surface area contributed by atoms with Gasteiger partial charge in [-0.1, -0.05) is 26.0 Å². The van der Waals surface area contributed by atoms with Gasteiger partial charge in [0.2, 0.25) is 0 Å². The molecule has 0 saturated carbocycles. The van der Waals surface area contributed by atoms with Crippen LogP contribution in [0.3, 0.4) is 0 Å². The van der Waals surface area contributed by atoms with E-state index >= 15 is 0 Å². The van der Waals surface area contributed by atoms with E-state index in [-0.39, 0.29) is 23.7 Å². The van der Waals surface area contributed by atoms with Gasteiger partial charge in [0.1, 0.15) is 24.4 Å². The van der Waals surface area contributed by atoms with Crippen molar-refractivity contribution in [2.75, 3.05) is 13.2 Å². The second kappa shape index (κ2) is 8.91. The highest BCUT2D eigenvalue weighted by Crippen LogP contribution is 2.40. The standard InChI is InChI=1S/C19H30O8/c1-10(26-18-17(25)16(24)15(23)14(9-21)27-18)4-5-13-11(8-20)6-12(22)7-19(13,2)3/h4-6,10,13-18,20-21,23-25H,7-9H2,1-3H3/b5-4+/t10-,13-,14+,15-,16-,17+,18+/m0/s1. The van der Waals surface area contributed by atoms with Gasteiger partial charge in [0.15, 0.2) is 12.1 Å². The van der Waals surface area contributed by atoms with Crippen LogP contribution in [0.5, 0.6) is 0 Å². The molecular formula is C19H30O8. The predicted molar refractivity (Wildman–Crippen MR) is 95.5 cm³/mol. The predicted octanol–water partition coefficient (Wildman–Crippen LogP) is -0.718. The largest absolute Gasteiger partial charge is 0.394 e. The SMILES string of the molecule is C[C@@H](/C=C/[C@H]1C(CO)=CC(=O)CC1(C)C)O[C@@H]1O[C@H](CO)[C@H](O)[C@H](O)[C@H]1O. The van der Waals surface area contributed by atoms with Crippen molar-refractivity contribution < 1.29 is 39.8 Å². The smallest absolute Gasteiger partial charge is 0.187 e. The Labute approximate surface area is 158 Å². The lowest BCUT2D eigenvalue weighted by Gasteiger charge is -2.40. The van der Waals surface area contributed by atoms with Gasteiger partial charge in [-0.05, 0) is 24.0 Å². The number of ketones is 1. The number of aliphatic hydroxyl groups excluding tert-OH is 5. The molecule has 1 saturated heterocycles. The van der Waals surface area contributed by atoms with Gasteiger partial charge in [-0.2, -0.15) is 0 Å². The van der Waals surface area contributed by atoms with Gasteiger partial charge in [-0.15, -0.1) is 0 Å². The maximum absolute atomic E-state index is 11.8.